The number of anilines is 1. The Hall–Kier alpha value is -2.94. The Labute approximate surface area is 143 Å². The number of rotatable bonds is 6. The second kappa shape index (κ2) is 6.89. The first-order chi connectivity index (χ1) is 12.0. The maximum atomic E-state index is 12.7. The molecule has 1 N–H and O–H groups in total. The van der Waals surface area contributed by atoms with E-state index in [1.165, 1.54) is 10.9 Å². The van der Waals surface area contributed by atoms with Crippen LogP contribution in [0.15, 0.2) is 27.8 Å². The van der Waals surface area contributed by atoms with Crippen LogP contribution in [0.2, 0.25) is 0 Å². The van der Waals surface area contributed by atoms with Crippen molar-refractivity contribution >= 4 is 22.8 Å². The predicted octanol–water partition coefficient (Wildman–Crippen LogP) is 1.32. The Morgan fingerprint density at radius 2 is 2.24 bits per heavy atom. The number of furan rings is 1. The molecule has 0 radical (unpaired) electrons. The van der Waals surface area contributed by atoms with Crippen molar-refractivity contribution in [3.63, 3.8) is 0 Å². The second-order valence-corrected chi connectivity index (χ2v) is 5.63. The highest BCUT2D eigenvalue weighted by atomic mass is 16.5. The summed E-state index contributed by atoms with van der Waals surface area (Å²) >= 11 is 0. The van der Waals surface area contributed by atoms with E-state index >= 15 is 0 Å². The first-order valence-corrected chi connectivity index (χ1v) is 7.79. The highest BCUT2D eigenvalue weighted by molar-refractivity contribution is 6.12. The summed E-state index contributed by atoms with van der Waals surface area (Å²) in [6.45, 7) is 2.60. The molecule has 25 heavy (non-hydrogen) atoms. The summed E-state index contributed by atoms with van der Waals surface area (Å²) in [5, 5.41) is 6.94. The van der Waals surface area contributed by atoms with Crippen LogP contribution in [0, 0.1) is 6.92 Å². The number of methoxy groups -OCH3 is 1. The van der Waals surface area contributed by atoms with Gasteiger partial charge in [0.05, 0.1) is 5.56 Å². The molecule has 0 fully saturated rings. The Kier molecular flexibility index (Phi) is 4.66. The molecule has 9 heteroatoms. The number of carbonyl (C=O) groups is 1. The van der Waals surface area contributed by atoms with Gasteiger partial charge >= 0.3 is 0 Å². The molecule has 0 saturated carbocycles. The lowest BCUT2D eigenvalue weighted by Gasteiger charge is -2.05. The van der Waals surface area contributed by atoms with Crippen LogP contribution in [0.4, 0.5) is 5.82 Å². The number of fused-ring (bicyclic) bond motifs is 1. The zero-order chi connectivity index (χ0) is 18.0. The van der Waals surface area contributed by atoms with Crippen molar-refractivity contribution in [2.45, 2.75) is 19.9 Å². The molecule has 9 nitrogen and oxygen atoms in total. The van der Waals surface area contributed by atoms with Crippen LogP contribution in [-0.2, 0) is 18.3 Å². The number of nitrogens with zero attached hydrogens (tertiary/aromatic N) is 4. The van der Waals surface area contributed by atoms with Crippen LogP contribution in [0.25, 0.3) is 11.1 Å². The number of aromatic nitrogens is 4. The van der Waals surface area contributed by atoms with E-state index in [1.807, 2.05) is 0 Å². The van der Waals surface area contributed by atoms with E-state index in [4.69, 9.17) is 9.15 Å². The number of hydrogen-bond acceptors (Lipinski definition) is 6. The van der Waals surface area contributed by atoms with Gasteiger partial charge in [-0.05, 0) is 13.3 Å². The van der Waals surface area contributed by atoms with Crippen LogP contribution in [0.3, 0.4) is 0 Å². The van der Waals surface area contributed by atoms with Crippen LogP contribution >= 0.6 is 0 Å². The third-order valence-electron chi connectivity index (χ3n) is 3.78. The number of amides is 1. The monoisotopic (exact) mass is 345 g/mol. The smallest absolute Gasteiger partial charge is 0.265 e. The first-order valence-electron chi connectivity index (χ1n) is 7.79. The zero-order valence-corrected chi connectivity index (χ0v) is 14.3. The zero-order valence-electron chi connectivity index (χ0n) is 14.3. The molecule has 0 aliphatic carbocycles. The van der Waals surface area contributed by atoms with Gasteiger partial charge in [-0.1, -0.05) is 0 Å². The van der Waals surface area contributed by atoms with Gasteiger partial charge < -0.3 is 14.5 Å². The topological polar surface area (TPSA) is 104 Å². The van der Waals surface area contributed by atoms with Crippen molar-refractivity contribution in [3.05, 3.63) is 40.3 Å². The van der Waals surface area contributed by atoms with Crippen LogP contribution in [0.5, 0.6) is 0 Å². The Morgan fingerprint density at radius 1 is 1.44 bits per heavy atom. The summed E-state index contributed by atoms with van der Waals surface area (Å²) in [5.74, 6) is 0.275. The maximum absolute atomic E-state index is 12.7. The molecule has 0 atom stereocenters. The van der Waals surface area contributed by atoms with E-state index in [-0.39, 0.29) is 22.2 Å². The fourth-order valence-electron chi connectivity index (χ4n) is 2.61. The lowest BCUT2D eigenvalue weighted by Crippen LogP contribution is -2.23. The molecule has 3 aromatic rings. The van der Waals surface area contributed by atoms with Crippen molar-refractivity contribution in [3.8, 4) is 0 Å². The minimum Gasteiger partial charge on any atom is -0.442 e. The van der Waals surface area contributed by atoms with Gasteiger partial charge in [-0.3, -0.25) is 18.8 Å². The molecule has 3 rings (SSSR count). The summed E-state index contributed by atoms with van der Waals surface area (Å²) in [7, 11) is 3.35. The van der Waals surface area contributed by atoms with E-state index in [0.29, 0.717) is 31.2 Å². The number of aryl methyl sites for hydroxylation is 3. The van der Waals surface area contributed by atoms with Gasteiger partial charge in [0.2, 0.25) is 5.71 Å². The largest absolute Gasteiger partial charge is 0.442 e. The maximum Gasteiger partial charge on any atom is 0.265 e. The van der Waals surface area contributed by atoms with Crippen molar-refractivity contribution in [2.24, 2.45) is 7.05 Å². The quantitative estimate of drug-likeness (QED) is 0.676. The molecule has 0 aliphatic heterocycles. The summed E-state index contributed by atoms with van der Waals surface area (Å²) in [4.78, 5) is 29.5. The van der Waals surface area contributed by atoms with E-state index in [0.717, 1.165) is 0 Å². The molecule has 0 aliphatic rings. The molecule has 3 aromatic heterocycles. The van der Waals surface area contributed by atoms with Gasteiger partial charge in [0.15, 0.2) is 5.82 Å². The van der Waals surface area contributed by atoms with Gasteiger partial charge in [0.1, 0.15) is 17.5 Å². The second-order valence-electron chi connectivity index (χ2n) is 5.63. The SMILES string of the molecule is COCCCn1cnc2oc(C)c(C(=O)Nc3ccn(C)n3)c2c1=O. The van der Waals surface area contributed by atoms with E-state index < -0.39 is 5.91 Å². The standard InChI is InChI=1S/C16H19N5O4/c1-10-12(14(22)18-11-5-7-20(2)19-11)13-15(25-10)17-9-21(16(13)23)6-4-8-24-3/h5,7,9H,4,6,8H2,1-3H3,(H,18,19,22). The third-order valence-corrected chi connectivity index (χ3v) is 3.78. The van der Waals surface area contributed by atoms with E-state index in [9.17, 15) is 9.59 Å². The van der Waals surface area contributed by atoms with Crippen molar-refractivity contribution in [1.82, 2.24) is 19.3 Å². The Bertz CT molecular complexity index is 969. The molecule has 0 unspecified atom stereocenters. The number of carbonyl (C=O) groups excluding carboxylic acids is 1. The van der Waals surface area contributed by atoms with E-state index in [1.54, 1.807) is 38.0 Å². The fraction of sp³-hybridized carbons (Fsp3) is 0.375. The average molecular weight is 345 g/mol. The van der Waals surface area contributed by atoms with Gasteiger partial charge in [-0.15, -0.1) is 0 Å². The highest BCUT2D eigenvalue weighted by Crippen LogP contribution is 2.22. The molecule has 1 amide bonds. The lowest BCUT2D eigenvalue weighted by molar-refractivity contribution is 0.102. The fourth-order valence-corrected chi connectivity index (χ4v) is 2.61. The number of ether oxygens (including phenoxy) is 1. The van der Waals surface area contributed by atoms with Crippen LogP contribution in [-0.4, -0.2) is 39.0 Å². The Morgan fingerprint density at radius 3 is 2.92 bits per heavy atom. The molecule has 0 spiro atoms. The van der Waals surface area contributed by atoms with Crippen molar-refractivity contribution < 1.29 is 13.9 Å². The molecule has 0 bridgehead atoms. The lowest BCUT2D eigenvalue weighted by atomic mass is 10.2. The molecule has 0 saturated heterocycles. The number of nitrogens with one attached hydrogen (secondary N) is 1. The molecule has 132 valence electrons. The molecule has 0 aromatic carbocycles. The predicted molar refractivity (Wildman–Crippen MR) is 90.7 cm³/mol. The van der Waals surface area contributed by atoms with Gasteiger partial charge in [-0.25, -0.2) is 4.98 Å². The van der Waals surface area contributed by atoms with Gasteiger partial charge in [-0.2, -0.15) is 5.10 Å². The summed E-state index contributed by atoms with van der Waals surface area (Å²) in [6, 6.07) is 1.66. The normalized spacial score (nSPS) is 11.2. The third kappa shape index (κ3) is 3.31. The minimum absolute atomic E-state index is 0.150. The van der Waals surface area contributed by atoms with Crippen molar-refractivity contribution in [2.75, 3.05) is 19.0 Å². The highest BCUT2D eigenvalue weighted by Gasteiger charge is 2.23. The molecular formula is C16H19N5O4. The summed E-state index contributed by atoms with van der Waals surface area (Å²) in [5.41, 5.74) is 0.0139. The Balaban J connectivity index is 1.99. The number of hydrogen-bond donors (Lipinski definition) is 1. The van der Waals surface area contributed by atoms with E-state index in [2.05, 4.69) is 15.4 Å². The van der Waals surface area contributed by atoms with Crippen LogP contribution in [0.1, 0.15) is 22.5 Å². The molecule has 3 heterocycles. The van der Waals surface area contributed by atoms with Gasteiger partial charge in [0.25, 0.3) is 11.5 Å². The summed E-state index contributed by atoms with van der Waals surface area (Å²) in [6.07, 6.45) is 3.79. The summed E-state index contributed by atoms with van der Waals surface area (Å²) < 4.78 is 13.5. The van der Waals surface area contributed by atoms with Crippen LogP contribution < -0.4 is 10.9 Å². The minimum atomic E-state index is -0.455. The average Bonchev–Trinajstić information content (AvgIpc) is 3.12. The van der Waals surface area contributed by atoms with Crippen molar-refractivity contribution in [1.29, 1.82) is 0 Å². The first kappa shape index (κ1) is 16.9. The van der Waals surface area contributed by atoms with Gasteiger partial charge in [0, 0.05) is 39.6 Å². The molecular weight excluding hydrogens is 326 g/mol.